The predicted molar refractivity (Wildman–Crippen MR) is 79.8 cm³/mol. The van der Waals surface area contributed by atoms with E-state index in [4.69, 9.17) is 0 Å². The number of hydrogen-bond acceptors (Lipinski definition) is 2. The number of rotatable bonds is 4. The highest BCUT2D eigenvalue weighted by Gasteiger charge is 2.56. The first kappa shape index (κ1) is 12.6. The molecular weight excluding hydrogens is 262 g/mol. The van der Waals surface area contributed by atoms with Crippen LogP contribution in [-0.4, -0.2) is 22.4 Å². The lowest BCUT2D eigenvalue weighted by Crippen LogP contribution is -2.28. The first-order chi connectivity index (χ1) is 10.3. The van der Waals surface area contributed by atoms with E-state index >= 15 is 0 Å². The lowest BCUT2D eigenvalue weighted by atomic mass is 9.92. The van der Waals surface area contributed by atoms with Crippen LogP contribution in [0.15, 0.2) is 36.8 Å². The second-order valence-corrected chi connectivity index (χ2v) is 6.07. The minimum atomic E-state index is 0.190. The maximum absolute atomic E-state index is 12.4. The monoisotopic (exact) mass is 281 g/mol. The highest BCUT2D eigenvalue weighted by atomic mass is 16.2. The summed E-state index contributed by atoms with van der Waals surface area (Å²) >= 11 is 0. The number of benzene rings is 1. The second kappa shape index (κ2) is 5.02. The molecule has 3 atom stereocenters. The van der Waals surface area contributed by atoms with Gasteiger partial charge in [-0.15, -0.1) is 0 Å². The zero-order valence-electron chi connectivity index (χ0n) is 11.9. The minimum absolute atomic E-state index is 0.190. The van der Waals surface area contributed by atoms with E-state index in [1.807, 2.05) is 0 Å². The molecule has 2 aliphatic rings. The molecule has 108 valence electrons. The largest absolute Gasteiger partial charge is 0.355 e. The van der Waals surface area contributed by atoms with E-state index in [2.05, 4.69) is 39.6 Å². The number of fused-ring (bicyclic) bond motifs is 3. The molecule has 4 heteroatoms. The van der Waals surface area contributed by atoms with Crippen molar-refractivity contribution in [1.82, 2.24) is 15.3 Å². The molecule has 4 nitrogen and oxygen atoms in total. The van der Waals surface area contributed by atoms with Gasteiger partial charge in [0.1, 0.15) is 0 Å². The van der Waals surface area contributed by atoms with E-state index < -0.39 is 0 Å². The van der Waals surface area contributed by atoms with Crippen molar-refractivity contribution in [2.75, 3.05) is 6.54 Å². The van der Waals surface area contributed by atoms with Crippen LogP contribution in [0.3, 0.4) is 0 Å². The van der Waals surface area contributed by atoms with Crippen LogP contribution in [0.5, 0.6) is 0 Å². The Kier molecular flexibility index (Phi) is 3.02. The maximum Gasteiger partial charge on any atom is 0.224 e. The van der Waals surface area contributed by atoms with Gasteiger partial charge >= 0.3 is 0 Å². The average Bonchev–Trinajstić information content (AvgIpc) is 3.04. The van der Waals surface area contributed by atoms with E-state index in [-0.39, 0.29) is 11.8 Å². The Bertz CT molecular complexity index is 650. The number of amides is 1. The zero-order valence-corrected chi connectivity index (χ0v) is 11.9. The number of aromatic nitrogens is 2. The Hall–Kier alpha value is -2.10. The fourth-order valence-corrected chi connectivity index (χ4v) is 3.78. The van der Waals surface area contributed by atoms with Crippen molar-refractivity contribution in [3.05, 3.63) is 53.6 Å². The summed E-state index contributed by atoms with van der Waals surface area (Å²) in [5.41, 5.74) is 3.91. The minimum Gasteiger partial charge on any atom is -0.355 e. The summed E-state index contributed by atoms with van der Waals surface area (Å²) < 4.78 is 0. The molecule has 1 aromatic heterocycles. The van der Waals surface area contributed by atoms with Gasteiger partial charge in [-0.05, 0) is 35.8 Å². The number of imidazole rings is 1. The van der Waals surface area contributed by atoms with Gasteiger partial charge in [0.25, 0.3) is 0 Å². The van der Waals surface area contributed by atoms with Gasteiger partial charge in [-0.3, -0.25) is 4.79 Å². The Labute approximate surface area is 124 Å². The molecule has 0 aliphatic heterocycles. The molecule has 0 spiro atoms. The van der Waals surface area contributed by atoms with Crippen LogP contribution in [0.4, 0.5) is 0 Å². The number of aromatic amines is 1. The maximum atomic E-state index is 12.4. The fourth-order valence-electron chi connectivity index (χ4n) is 3.78. The third kappa shape index (κ3) is 2.24. The van der Waals surface area contributed by atoms with Crippen molar-refractivity contribution in [1.29, 1.82) is 0 Å². The first-order valence-corrected chi connectivity index (χ1v) is 7.67. The molecule has 2 aliphatic carbocycles. The normalized spacial score (nSPS) is 25.8. The summed E-state index contributed by atoms with van der Waals surface area (Å²) in [6.07, 6.45) is 6.56. The number of carbonyl (C=O) groups is 1. The van der Waals surface area contributed by atoms with Crippen LogP contribution in [-0.2, 0) is 17.6 Å². The Morgan fingerprint density at radius 1 is 1.38 bits per heavy atom. The topological polar surface area (TPSA) is 57.8 Å². The third-order valence-corrected chi connectivity index (χ3v) is 4.88. The predicted octanol–water partition coefficient (Wildman–Crippen LogP) is 2.04. The van der Waals surface area contributed by atoms with Gasteiger partial charge in [0.15, 0.2) is 0 Å². The summed E-state index contributed by atoms with van der Waals surface area (Å²) in [6.45, 7) is 0.679. The Morgan fingerprint density at radius 2 is 2.29 bits per heavy atom. The van der Waals surface area contributed by atoms with Crippen molar-refractivity contribution >= 4 is 5.91 Å². The molecule has 1 heterocycles. The van der Waals surface area contributed by atoms with Crippen molar-refractivity contribution in [2.24, 2.45) is 11.8 Å². The standard InChI is InChI=1S/C17H19N3O/c21-17(19-8-7-12-9-18-10-20-12)16-14-6-5-11-3-1-2-4-13(11)15(14)16/h1-4,9-10,14-16H,5-8H2,(H,18,20)(H,19,21). The molecule has 3 unspecified atom stereocenters. The Balaban J connectivity index is 1.37. The Morgan fingerprint density at radius 3 is 3.14 bits per heavy atom. The molecule has 0 bridgehead atoms. The summed E-state index contributed by atoms with van der Waals surface area (Å²) in [4.78, 5) is 19.4. The molecule has 21 heavy (non-hydrogen) atoms. The van der Waals surface area contributed by atoms with Gasteiger partial charge in [-0.1, -0.05) is 24.3 Å². The molecule has 2 aromatic rings. The van der Waals surface area contributed by atoms with E-state index in [1.165, 1.54) is 11.1 Å². The van der Waals surface area contributed by atoms with Crippen molar-refractivity contribution < 1.29 is 4.79 Å². The molecule has 2 N–H and O–H groups in total. The van der Waals surface area contributed by atoms with Crippen LogP contribution in [0.1, 0.15) is 29.2 Å². The van der Waals surface area contributed by atoms with Gasteiger partial charge < -0.3 is 10.3 Å². The average molecular weight is 281 g/mol. The summed E-state index contributed by atoms with van der Waals surface area (Å²) in [5, 5.41) is 3.08. The van der Waals surface area contributed by atoms with Gasteiger partial charge in [0.2, 0.25) is 5.91 Å². The molecule has 1 saturated carbocycles. The highest BCUT2D eigenvalue weighted by molar-refractivity contribution is 5.84. The van der Waals surface area contributed by atoms with Gasteiger partial charge in [-0.25, -0.2) is 4.98 Å². The van der Waals surface area contributed by atoms with Crippen molar-refractivity contribution in [3.8, 4) is 0 Å². The highest BCUT2D eigenvalue weighted by Crippen LogP contribution is 2.59. The van der Waals surface area contributed by atoms with E-state index in [0.29, 0.717) is 18.4 Å². The molecule has 1 aromatic carbocycles. The molecule has 4 rings (SSSR count). The van der Waals surface area contributed by atoms with Crippen LogP contribution in [0.2, 0.25) is 0 Å². The van der Waals surface area contributed by atoms with Crippen molar-refractivity contribution in [2.45, 2.75) is 25.2 Å². The molecule has 1 fully saturated rings. The molecular formula is C17H19N3O. The number of aryl methyl sites for hydroxylation is 1. The van der Waals surface area contributed by atoms with Gasteiger partial charge in [0.05, 0.1) is 6.33 Å². The van der Waals surface area contributed by atoms with Crippen LogP contribution in [0.25, 0.3) is 0 Å². The second-order valence-electron chi connectivity index (χ2n) is 6.07. The summed E-state index contributed by atoms with van der Waals surface area (Å²) in [6, 6.07) is 8.59. The van der Waals surface area contributed by atoms with E-state index in [9.17, 15) is 4.79 Å². The smallest absolute Gasteiger partial charge is 0.224 e. The van der Waals surface area contributed by atoms with Crippen LogP contribution >= 0.6 is 0 Å². The quantitative estimate of drug-likeness (QED) is 0.901. The fraction of sp³-hybridized carbons (Fsp3) is 0.412. The third-order valence-electron chi connectivity index (χ3n) is 4.88. The molecule has 1 amide bonds. The van der Waals surface area contributed by atoms with Crippen LogP contribution in [0, 0.1) is 11.8 Å². The number of hydrogen-bond donors (Lipinski definition) is 2. The van der Waals surface area contributed by atoms with Crippen LogP contribution < -0.4 is 5.32 Å². The molecule has 0 radical (unpaired) electrons. The summed E-state index contributed by atoms with van der Waals surface area (Å²) in [7, 11) is 0. The number of nitrogens with zero attached hydrogens (tertiary/aromatic N) is 1. The van der Waals surface area contributed by atoms with Gasteiger partial charge in [0, 0.05) is 30.8 Å². The number of nitrogens with one attached hydrogen (secondary N) is 2. The summed E-state index contributed by atoms with van der Waals surface area (Å²) in [5.74, 6) is 1.44. The SMILES string of the molecule is O=C(NCCc1cnc[nH]1)C1C2CCc3ccccc3C21. The lowest BCUT2D eigenvalue weighted by Gasteiger charge is -2.13. The molecule has 0 saturated heterocycles. The number of carbonyl (C=O) groups excluding carboxylic acids is 1. The van der Waals surface area contributed by atoms with E-state index in [0.717, 1.165) is 25.0 Å². The lowest BCUT2D eigenvalue weighted by molar-refractivity contribution is -0.122. The zero-order chi connectivity index (χ0) is 14.2. The van der Waals surface area contributed by atoms with Crippen molar-refractivity contribution in [3.63, 3.8) is 0 Å². The number of H-pyrrole nitrogens is 1. The van der Waals surface area contributed by atoms with Gasteiger partial charge in [-0.2, -0.15) is 0 Å². The van der Waals surface area contributed by atoms with E-state index in [1.54, 1.807) is 12.5 Å². The first-order valence-electron chi connectivity index (χ1n) is 7.67.